The van der Waals surface area contributed by atoms with E-state index in [1.165, 1.54) is 11.8 Å². The van der Waals surface area contributed by atoms with Gasteiger partial charge in [0, 0.05) is 10.2 Å². The fourth-order valence-corrected chi connectivity index (χ4v) is 2.53. The highest BCUT2D eigenvalue weighted by Crippen LogP contribution is 2.19. The van der Waals surface area contributed by atoms with Crippen LogP contribution in [-0.4, -0.2) is 42.6 Å². The first-order chi connectivity index (χ1) is 11.3. The van der Waals surface area contributed by atoms with Crippen LogP contribution >= 0.6 is 27.7 Å². The maximum absolute atomic E-state index is 12.0. The Labute approximate surface area is 153 Å². The quantitative estimate of drug-likeness (QED) is 0.560. The lowest BCUT2D eigenvalue weighted by atomic mass is 10.2. The molecule has 4 N–H and O–H groups in total. The van der Waals surface area contributed by atoms with E-state index in [0.29, 0.717) is 17.9 Å². The number of aryl methyl sites for hydroxylation is 1. The Morgan fingerprint density at radius 3 is 2.67 bits per heavy atom. The number of hydrogen-bond acceptors (Lipinski definition) is 5. The predicted molar refractivity (Wildman–Crippen MR) is 98.0 cm³/mol. The van der Waals surface area contributed by atoms with Crippen LogP contribution in [0.25, 0.3) is 0 Å². The number of primary amides is 1. The molecule has 24 heavy (non-hydrogen) atoms. The van der Waals surface area contributed by atoms with E-state index in [0.717, 1.165) is 10.0 Å². The number of benzene rings is 1. The first-order valence-electron chi connectivity index (χ1n) is 7.11. The maximum atomic E-state index is 12.0. The molecule has 0 heterocycles. The summed E-state index contributed by atoms with van der Waals surface area (Å²) in [5.41, 5.74) is 6.61. The number of nitrogens with one attached hydrogen (secondary N) is 2. The summed E-state index contributed by atoms with van der Waals surface area (Å²) in [6.07, 6.45) is 2.25. The van der Waals surface area contributed by atoms with Crippen LogP contribution in [0.1, 0.15) is 12.0 Å². The summed E-state index contributed by atoms with van der Waals surface area (Å²) >= 11 is 4.89. The second-order valence-electron chi connectivity index (χ2n) is 4.96. The molecule has 0 aromatic heterocycles. The van der Waals surface area contributed by atoms with Gasteiger partial charge in [0.2, 0.25) is 0 Å². The molecule has 132 valence electrons. The van der Waals surface area contributed by atoms with Gasteiger partial charge in [-0.15, -0.1) is 0 Å². The number of rotatable bonds is 8. The summed E-state index contributed by atoms with van der Waals surface area (Å²) in [5, 5.41) is 4.95. The molecule has 0 bridgehead atoms. The molecule has 0 spiro atoms. The molecular formula is C15H20BrN3O4S. The summed E-state index contributed by atoms with van der Waals surface area (Å²) < 4.78 is 5.88. The van der Waals surface area contributed by atoms with E-state index >= 15 is 0 Å². The highest BCUT2D eigenvalue weighted by atomic mass is 79.9. The van der Waals surface area contributed by atoms with Crippen LogP contribution < -0.4 is 16.4 Å². The zero-order valence-electron chi connectivity index (χ0n) is 13.4. The molecule has 1 aromatic carbocycles. The number of urea groups is 1. The minimum absolute atomic E-state index is 0.371. The van der Waals surface area contributed by atoms with Gasteiger partial charge in [-0.05, 0) is 49.1 Å². The molecule has 0 aliphatic carbocycles. The van der Waals surface area contributed by atoms with E-state index in [-0.39, 0.29) is 0 Å². The maximum Gasteiger partial charge on any atom is 0.329 e. The van der Waals surface area contributed by atoms with Crippen molar-refractivity contribution < 1.29 is 19.1 Å². The monoisotopic (exact) mass is 417 g/mol. The van der Waals surface area contributed by atoms with E-state index in [9.17, 15) is 14.4 Å². The summed E-state index contributed by atoms with van der Waals surface area (Å²) in [5.74, 6) is -0.512. The van der Waals surface area contributed by atoms with E-state index < -0.39 is 30.6 Å². The van der Waals surface area contributed by atoms with Crippen LogP contribution in [0.3, 0.4) is 0 Å². The summed E-state index contributed by atoms with van der Waals surface area (Å²) in [7, 11) is 0. The lowest BCUT2D eigenvalue weighted by Gasteiger charge is -2.16. The summed E-state index contributed by atoms with van der Waals surface area (Å²) in [6.45, 7) is 1.45. The van der Waals surface area contributed by atoms with Crippen molar-refractivity contribution in [3.05, 3.63) is 28.2 Å². The van der Waals surface area contributed by atoms with Crippen LogP contribution in [0.2, 0.25) is 0 Å². The number of esters is 1. The van der Waals surface area contributed by atoms with E-state index in [1.807, 2.05) is 19.2 Å². The van der Waals surface area contributed by atoms with E-state index in [4.69, 9.17) is 10.5 Å². The minimum atomic E-state index is -0.863. The van der Waals surface area contributed by atoms with Crippen molar-refractivity contribution in [2.75, 3.05) is 23.9 Å². The average Bonchev–Trinajstić information content (AvgIpc) is 2.52. The van der Waals surface area contributed by atoms with Crippen molar-refractivity contribution in [1.29, 1.82) is 0 Å². The van der Waals surface area contributed by atoms with Crippen LogP contribution in [-0.2, 0) is 14.3 Å². The molecular weight excluding hydrogens is 398 g/mol. The number of halogens is 1. The van der Waals surface area contributed by atoms with Crippen molar-refractivity contribution in [3.63, 3.8) is 0 Å². The van der Waals surface area contributed by atoms with Gasteiger partial charge in [-0.3, -0.25) is 4.79 Å². The number of ether oxygens (including phenoxy) is 1. The number of carbonyl (C=O) groups is 3. The Balaban J connectivity index is 2.52. The summed E-state index contributed by atoms with van der Waals surface area (Å²) in [6, 6.07) is 3.66. The van der Waals surface area contributed by atoms with Gasteiger partial charge < -0.3 is 21.1 Å². The standard InChI is InChI=1S/C15H20BrN3O4S/c1-9-7-10(3-4-11(9)16)18-13(20)8-23-14(21)12(5-6-24-2)19-15(17)22/h3-4,7,12H,5-6,8H2,1-2H3,(H,18,20)(H3,17,19,22)/t12-/m0/s1. The number of amides is 3. The molecule has 0 saturated heterocycles. The fraction of sp³-hybridized carbons (Fsp3) is 0.400. The van der Waals surface area contributed by atoms with Crippen molar-refractivity contribution in [2.24, 2.45) is 5.73 Å². The summed E-state index contributed by atoms with van der Waals surface area (Å²) in [4.78, 5) is 34.7. The molecule has 9 heteroatoms. The van der Waals surface area contributed by atoms with Gasteiger partial charge in [0.15, 0.2) is 6.61 Å². The molecule has 0 aliphatic heterocycles. The molecule has 1 aromatic rings. The van der Waals surface area contributed by atoms with Crippen molar-refractivity contribution in [2.45, 2.75) is 19.4 Å². The lowest BCUT2D eigenvalue weighted by Crippen LogP contribution is -2.45. The third-order valence-corrected chi connectivity index (χ3v) is 4.53. The smallest absolute Gasteiger partial charge is 0.329 e. The molecule has 0 fully saturated rings. The zero-order chi connectivity index (χ0) is 18.1. The zero-order valence-corrected chi connectivity index (χ0v) is 15.8. The van der Waals surface area contributed by atoms with Gasteiger partial charge >= 0.3 is 12.0 Å². The second kappa shape index (κ2) is 10.2. The number of nitrogens with two attached hydrogens (primary N) is 1. The van der Waals surface area contributed by atoms with E-state index in [1.54, 1.807) is 12.1 Å². The molecule has 1 rings (SSSR count). The Kier molecular flexibility index (Phi) is 8.62. The SMILES string of the molecule is CSCC[C@H](NC(N)=O)C(=O)OCC(=O)Nc1ccc(Br)c(C)c1. The minimum Gasteiger partial charge on any atom is -0.454 e. The molecule has 3 amide bonds. The van der Waals surface area contributed by atoms with Crippen LogP contribution in [0.5, 0.6) is 0 Å². The number of thioether (sulfide) groups is 1. The first-order valence-corrected chi connectivity index (χ1v) is 9.29. The van der Waals surface area contributed by atoms with Gasteiger partial charge in [0.05, 0.1) is 0 Å². The largest absolute Gasteiger partial charge is 0.454 e. The fourth-order valence-electron chi connectivity index (χ4n) is 1.81. The number of hydrogen-bond donors (Lipinski definition) is 3. The second-order valence-corrected chi connectivity index (χ2v) is 6.80. The topological polar surface area (TPSA) is 111 Å². The molecule has 0 aliphatic rings. The number of anilines is 1. The third-order valence-electron chi connectivity index (χ3n) is 3.00. The lowest BCUT2D eigenvalue weighted by molar-refractivity contribution is -0.149. The Bertz CT molecular complexity index is 612. The van der Waals surface area contributed by atoms with Gasteiger partial charge in [-0.25, -0.2) is 9.59 Å². The van der Waals surface area contributed by atoms with Crippen LogP contribution in [0.15, 0.2) is 22.7 Å². The Hall–Kier alpha value is -1.74. The normalized spacial score (nSPS) is 11.5. The molecule has 0 radical (unpaired) electrons. The highest BCUT2D eigenvalue weighted by Gasteiger charge is 2.21. The molecule has 0 unspecified atom stereocenters. The number of carbonyl (C=O) groups excluding carboxylic acids is 3. The third kappa shape index (κ3) is 7.22. The van der Waals surface area contributed by atoms with Crippen LogP contribution in [0.4, 0.5) is 10.5 Å². The van der Waals surface area contributed by atoms with Crippen molar-refractivity contribution >= 4 is 51.3 Å². The molecule has 0 saturated carbocycles. The average molecular weight is 418 g/mol. The van der Waals surface area contributed by atoms with E-state index in [2.05, 4.69) is 26.6 Å². The molecule has 7 nitrogen and oxygen atoms in total. The predicted octanol–water partition coefficient (Wildman–Crippen LogP) is 2.03. The Morgan fingerprint density at radius 1 is 1.38 bits per heavy atom. The van der Waals surface area contributed by atoms with Crippen molar-refractivity contribution in [1.82, 2.24) is 5.32 Å². The van der Waals surface area contributed by atoms with Gasteiger partial charge in [-0.1, -0.05) is 15.9 Å². The van der Waals surface area contributed by atoms with Gasteiger partial charge in [0.25, 0.3) is 5.91 Å². The van der Waals surface area contributed by atoms with Gasteiger partial charge in [0.1, 0.15) is 6.04 Å². The Morgan fingerprint density at radius 2 is 2.08 bits per heavy atom. The first kappa shape index (κ1) is 20.3. The van der Waals surface area contributed by atoms with Crippen molar-refractivity contribution in [3.8, 4) is 0 Å². The van der Waals surface area contributed by atoms with Gasteiger partial charge in [-0.2, -0.15) is 11.8 Å². The highest BCUT2D eigenvalue weighted by molar-refractivity contribution is 9.10. The van der Waals surface area contributed by atoms with Crippen LogP contribution in [0, 0.1) is 6.92 Å². The molecule has 1 atom stereocenters.